The largest absolute Gasteiger partial charge is 0.495 e. The van der Waals surface area contributed by atoms with Crippen molar-refractivity contribution in [2.24, 2.45) is 0 Å². The summed E-state index contributed by atoms with van der Waals surface area (Å²) in [5.41, 5.74) is 4.80. The lowest BCUT2D eigenvalue weighted by atomic mass is 10.1. The van der Waals surface area contributed by atoms with Gasteiger partial charge in [-0.05, 0) is 80.8 Å². The molecule has 1 N–H and O–H groups in total. The van der Waals surface area contributed by atoms with Crippen molar-refractivity contribution in [2.45, 2.75) is 32.6 Å². The number of hydrogen-bond donors (Lipinski definition) is 1. The van der Waals surface area contributed by atoms with Crippen molar-refractivity contribution in [3.8, 4) is 5.75 Å². The lowest BCUT2D eigenvalue weighted by Crippen LogP contribution is -2.38. The first-order chi connectivity index (χ1) is 15.1. The number of benzene rings is 3. The number of hydrogen-bond acceptors (Lipinski definition) is 4. The van der Waals surface area contributed by atoms with E-state index in [9.17, 15) is 13.2 Å². The van der Waals surface area contributed by atoms with Crippen LogP contribution in [0.25, 0.3) is 0 Å². The third-order valence-corrected chi connectivity index (χ3v) is 6.80. The predicted molar refractivity (Wildman–Crippen MR) is 128 cm³/mol. The lowest BCUT2D eigenvalue weighted by molar-refractivity contribution is -0.114. The third kappa shape index (κ3) is 5.29. The molecule has 0 fully saturated rings. The summed E-state index contributed by atoms with van der Waals surface area (Å²) in [4.78, 5) is 13.0. The molecule has 0 spiro atoms. The maximum absolute atomic E-state index is 13.7. The van der Waals surface area contributed by atoms with Gasteiger partial charge in [-0.2, -0.15) is 0 Å². The maximum atomic E-state index is 13.7. The normalized spacial score (nSPS) is 11.2. The van der Waals surface area contributed by atoms with Crippen LogP contribution in [0.2, 0.25) is 0 Å². The Morgan fingerprint density at radius 3 is 2.03 bits per heavy atom. The monoisotopic (exact) mass is 452 g/mol. The molecule has 0 radical (unpaired) electrons. The summed E-state index contributed by atoms with van der Waals surface area (Å²) in [5, 5.41) is 2.82. The van der Waals surface area contributed by atoms with Crippen molar-refractivity contribution in [1.29, 1.82) is 0 Å². The van der Waals surface area contributed by atoms with Crippen LogP contribution in [0, 0.1) is 27.7 Å². The summed E-state index contributed by atoms with van der Waals surface area (Å²) in [6, 6.07) is 17.7. The summed E-state index contributed by atoms with van der Waals surface area (Å²) in [5.74, 6) is -0.215. The number of sulfonamides is 1. The molecule has 7 heteroatoms. The first kappa shape index (κ1) is 23.3. The molecule has 0 saturated carbocycles. The lowest BCUT2D eigenvalue weighted by Gasteiger charge is -2.25. The van der Waals surface area contributed by atoms with Crippen LogP contribution in [0.4, 0.5) is 11.4 Å². The van der Waals surface area contributed by atoms with E-state index in [4.69, 9.17) is 4.74 Å². The maximum Gasteiger partial charge on any atom is 0.268 e. The number of carbonyl (C=O) groups excluding carboxylic acids is 1. The first-order valence-electron chi connectivity index (χ1n) is 10.2. The zero-order chi connectivity index (χ0) is 23.5. The molecule has 168 valence electrons. The van der Waals surface area contributed by atoms with Crippen LogP contribution in [0.3, 0.4) is 0 Å². The summed E-state index contributed by atoms with van der Waals surface area (Å²) in [6.45, 7) is 7.22. The Morgan fingerprint density at radius 2 is 1.44 bits per heavy atom. The zero-order valence-corrected chi connectivity index (χ0v) is 19.8. The Hall–Kier alpha value is -3.32. The van der Waals surface area contributed by atoms with E-state index in [-0.39, 0.29) is 17.2 Å². The molecule has 0 saturated heterocycles. The van der Waals surface area contributed by atoms with E-state index >= 15 is 0 Å². The molecule has 0 bridgehead atoms. The second-order valence-corrected chi connectivity index (χ2v) is 9.76. The number of nitrogens with one attached hydrogen (secondary N) is 1. The minimum atomic E-state index is -4.09. The van der Waals surface area contributed by atoms with Crippen molar-refractivity contribution in [3.05, 3.63) is 82.9 Å². The minimum Gasteiger partial charge on any atom is -0.495 e. The fourth-order valence-electron chi connectivity index (χ4n) is 3.51. The van der Waals surface area contributed by atoms with Gasteiger partial charge in [0.2, 0.25) is 5.91 Å². The van der Waals surface area contributed by atoms with Gasteiger partial charge in [0, 0.05) is 5.69 Å². The molecule has 0 aliphatic carbocycles. The minimum absolute atomic E-state index is 0.0137. The molecular formula is C25H28N2O4S. The topological polar surface area (TPSA) is 75.7 Å². The first-order valence-corrected chi connectivity index (χ1v) is 11.7. The highest BCUT2D eigenvalue weighted by Crippen LogP contribution is 2.31. The number of anilines is 2. The quantitative estimate of drug-likeness (QED) is 0.561. The Bertz CT molecular complexity index is 1220. The fraction of sp³-hybridized carbons (Fsp3) is 0.240. The van der Waals surface area contributed by atoms with Crippen LogP contribution in [-0.4, -0.2) is 28.0 Å². The molecule has 3 aromatic carbocycles. The second-order valence-electron chi connectivity index (χ2n) is 7.93. The number of methoxy groups -OCH3 is 1. The molecule has 0 unspecified atom stereocenters. The highest BCUT2D eigenvalue weighted by atomic mass is 32.2. The molecular weight excluding hydrogens is 424 g/mol. The van der Waals surface area contributed by atoms with Crippen LogP contribution in [-0.2, 0) is 14.8 Å². The summed E-state index contributed by atoms with van der Waals surface area (Å²) in [7, 11) is -2.67. The third-order valence-electron chi connectivity index (χ3n) is 5.00. The van der Waals surface area contributed by atoms with Crippen molar-refractivity contribution in [3.63, 3.8) is 0 Å². The standard InChI is InChI=1S/C25H28N2O4S/c1-17-6-9-22(10-7-17)27(16-25(28)26-21-13-19(3)12-20(4)14-21)32(29,30)24-15-18(2)8-11-23(24)31-5/h6-15H,16H2,1-5H3,(H,26,28). The van der Waals surface area contributed by atoms with Gasteiger partial charge >= 0.3 is 0 Å². The van der Waals surface area contributed by atoms with Crippen molar-refractivity contribution in [2.75, 3.05) is 23.3 Å². The van der Waals surface area contributed by atoms with Gasteiger partial charge in [0.25, 0.3) is 10.0 Å². The van der Waals surface area contributed by atoms with Crippen LogP contribution in [0.15, 0.2) is 65.6 Å². The van der Waals surface area contributed by atoms with E-state index < -0.39 is 15.9 Å². The van der Waals surface area contributed by atoms with Crippen LogP contribution in [0.5, 0.6) is 5.75 Å². The van der Waals surface area contributed by atoms with Gasteiger partial charge in [-0.1, -0.05) is 29.8 Å². The van der Waals surface area contributed by atoms with E-state index in [1.54, 1.807) is 37.3 Å². The highest BCUT2D eigenvalue weighted by molar-refractivity contribution is 7.93. The number of carbonyl (C=O) groups is 1. The van der Waals surface area contributed by atoms with Gasteiger partial charge in [0.15, 0.2) is 0 Å². The molecule has 0 aliphatic rings. The average Bonchev–Trinajstić information content (AvgIpc) is 2.72. The Kier molecular flexibility index (Phi) is 6.89. The number of amides is 1. The summed E-state index contributed by atoms with van der Waals surface area (Å²) in [6.07, 6.45) is 0. The number of ether oxygens (including phenoxy) is 1. The van der Waals surface area contributed by atoms with E-state index in [0.29, 0.717) is 11.4 Å². The highest BCUT2D eigenvalue weighted by Gasteiger charge is 2.30. The van der Waals surface area contributed by atoms with Gasteiger partial charge < -0.3 is 10.1 Å². The molecule has 1 amide bonds. The Morgan fingerprint density at radius 1 is 0.844 bits per heavy atom. The molecule has 0 heterocycles. The predicted octanol–water partition coefficient (Wildman–Crippen LogP) is 4.76. The molecule has 32 heavy (non-hydrogen) atoms. The number of nitrogens with zero attached hydrogens (tertiary/aromatic N) is 1. The van der Waals surface area contributed by atoms with Crippen LogP contribution in [0.1, 0.15) is 22.3 Å². The van der Waals surface area contributed by atoms with Crippen molar-refractivity contribution < 1.29 is 17.9 Å². The Labute approximate surface area is 189 Å². The van der Waals surface area contributed by atoms with Crippen LogP contribution >= 0.6 is 0 Å². The van der Waals surface area contributed by atoms with Gasteiger partial charge in [0.1, 0.15) is 17.2 Å². The Balaban J connectivity index is 2.01. The molecule has 3 aromatic rings. The van der Waals surface area contributed by atoms with E-state index in [1.165, 1.54) is 7.11 Å². The van der Waals surface area contributed by atoms with Gasteiger partial charge in [0.05, 0.1) is 12.8 Å². The van der Waals surface area contributed by atoms with Crippen molar-refractivity contribution in [1.82, 2.24) is 0 Å². The SMILES string of the molecule is COc1ccc(C)cc1S(=O)(=O)N(CC(=O)Nc1cc(C)cc(C)c1)c1ccc(C)cc1. The molecule has 0 atom stereocenters. The summed E-state index contributed by atoms with van der Waals surface area (Å²) < 4.78 is 33.8. The number of rotatable bonds is 7. The molecule has 0 aromatic heterocycles. The van der Waals surface area contributed by atoms with Gasteiger partial charge in [-0.25, -0.2) is 8.42 Å². The average molecular weight is 453 g/mol. The second kappa shape index (κ2) is 9.44. The van der Waals surface area contributed by atoms with Gasteiger partial charge in [-0.3, -0.25) is 9.10 Å². The van der Waals surface area contributed by atoms with E-state index in [1.807, 2.05) is 51.1 Å². The smallest absolute Gasteiger partial charge is 0.268 e. The molecule has 3 rings (SSSR count). The summed E-state index contributed by atoms with van der Waals surface area (Å²) >= 11 is 0. The van der Waals surface area contributed by atoms with E-state index in [2.05, 4.69) is 5.32 Å². The van der Waals surface area contributed by atoms with Crippen molar-refractivity contribution >= 4 is 27.3 Å². The van der Waals surface area contributed by atoms with E-state index in [0.717, 1.165) is 26.6 Å². The number of aryl methyl sites for hydroxylation is 4. The zero-order valence-electron chi connectivity index (χ0n) is 19.0. The van der Waals surface area contributed by atoms with Gasteiger partial charge in [-0.15, -0.1) is 0 Å². The van der Waals surface area contributed by atoms with Crippen LogP contribution < -0.4 is 14.4 Å². The fourth-order valence-corrected chi connectivity index (χ4v) is 5.17. The molecule has 0 aliphatic heterocycles. The molecule has 6 nitrogen and oxygen atoms in total.